The minimum Gasteiger partial charge on any atom is -0.497 e. The highest BCUT2D eigenvalue weighted by molar-refractivity contribution is 7.80. The second-order valence-corrected chi connectivity index (χ2v) is 5.31. The predicted octanol–water partition coefficient (Wildman–Crippen LogP) is 2.31. The molecular weight excluding hydrogens is 260 g/mol. The van der Waals surface area contributed by atoms with E-state index in [-0.39, 0.29) is 5.60 Å². The maximum Gasteiger partial charge on any atom is 0.120 e. The van der Waals surface area contributed by atoms with E-state index in [0.29, 0.717) is 4.99 Å². The third-order valence-electron chi connectivity index (χ3n) is 3.79. The van der Waals surface area contributed by atoms with Crippen molar-refractivity contribution >= 4 is 22.9 Å². The Morgan fingerprint density at radius 3 is 2.63 bits per heavy atom. The highest BCUT2D eigenvalue weighted by atomic mass is 32.1. The summed E-state index contributed by atoms with van der Waals surface area (Å²) in [7, 11) is 3.41. The topological polar surface area (TPSA) is 56.5 Å². The zero-order valence-corrected chi connectivity index (χ0v) is 12.2. The van der Waals surface area contributed by atoms with Gasteiger partial charge >= 0.3 is 0 Å². The summed E-state index contributed by atoms with van der Waals surface area (Å²) < 4.78 is 10.8. The summed E-state index contributed by atoms with van der Waals surface area (Å²) in [4.78, 5) is 0.380. The van der Waals surface area contributed by atoms with E-state index in [2.05, 4.69) is 5.32 Å². The first-order valence-electron chi connectivity index (χ1n) is 6.37. The smallest absolute Gasteiger partial charge is 0.120 e. The quantitative estimate of drug-likeness (QED) is 0.783. The van der Waals surface area contributed by atoms with Crippen LogP contribution in [0.3, 0.4) is 0 Å². The summed E-state index contributed by atoms with van der Waals surface area (Å²) in [5.41, 5.74) is 7.43. The highest BCUT2D eigenvalue weighted by Gasteiger charge is 2.36. The van der Waals surface area contributed by atoms with Crippen molar-refractivity contribution < 1.29 is 9.47 Å². The van der Waals surface area contributed by atoms with Crippen LogP contribution in [0.25, 0.3) is 0 Å². The Kier molecular flexibility index (Phi) is 4.27. The van der Waals surface area contributed by atoms with Gasteiger partial charge in [-0.3, -0.25) is 0 Å². The number of benzene rings is 1. The van der Waals surface area contributed by atoms with Gasteiger partial charge in [0, 0.05) is 31.0 Å². The molecule has 0 amide bonds. The van der Waals surface area contributed by atoms with E-state index in [9.17, 15) is 0 Å². The number of hydrogen-bond acceptors (Lipinski definition) is 4. The molecule has 1 aromatic carbocycles. The largest absolute Gasteiger partial charge is 0.497 e. The van der Waals surface area contributed by atoms with Crippen LogP contribution in [0, 0.1) is 0 Å². The number of methoxy groups -OCH3 is 2. The van der Waals surface area contributed by atoms with E-state index in [1.54, 1.807) is 14.2 Å². The van der Waals surface area contributed by atoms with Gasteiger partial charge in [0.05, 0.1) is 12.7 Å². The molecule has 5 heteroatoms. The summed E-state index contributed by atoms with van der Waals surface area (Å²) in [5, 5.41) is 3.39. The first-order chi connectivity index (χ1) is 9.10. The van der Waals surface area contributed by atoms with Gasteiger partial charge in [0.2, 0.25) is 0 Å². The number of nitrogens with one attached hydrogen (secondary N) is 1. The number of thiocarbonyl (C=S) groups is 1. The van der Waals surface area contributed by atoms with E-state index in [4.69, 9.17) is 27.4 Å². The van der Waals surface area contributed by atoms with E-state index in [1.165, 1.54) is 6.42 Å². The highest BCUT2D eigenvalue weighted by Crippen LogP contribution is 2.35. The number of hydrogen-bond donors (Lipinski definition) is 2. The van der Waals surface area contributed by atoms with Gasteiger partial charge in [0.1, 0.15) is 10.7 Å². The molecule has 1 aliphatic carbocycles. The number of nitrogens with two attached hydrogens (primary N) is 1. The van der Waals surface area contributed by atoms with Crippen molar-refractivity contribution in [1.29, 1.82) is 0 Å². The fourth-order valence-corrected chi connectivity index (χ4v) is 2.47. The van der Waals surface area contributed by atoms with Gasteiger partial charge in [-0.1, -0.05) is 12.2 Å². The lowest BCUT2D eigenvalue weighted by Crippen LogP contribution is -2.45. The molecule has 3 N–H and O–H groups in total. The first-order valence-corrected chi connectivity index (χ1v) is 6.78. The third kappa shape index (κ3) is 2.98. The lowest BCUT2D eigenvalue weighted by Gasteiger charge is -2.40. The Morgan fingerprint density at radius 1 is 1.42 bits per heavy atom. The minimum atomic E-state index is -0.0451. The molecule has 0 bridgehead atoms. The molecule has 0 heterocycles. The maximum atomic E-state index is 5.74. The average molecular weight is 280 g/mol. The lowest BCUT2D eigenvalue weighted by atomic mass is 9.80. The molecule has 0 unspecified atom stereocenters. The molecule has 1 aromatic rings. The van der Waals surface area contributed by atoms with Gasteiger partial charge < -0.3 is 20.5 Å². The van der Waals surface area contributed by atoms with Crippen LogP contribution in [0.1, 0.15) is 24.8 Å². The Morgan fingerprint density at radius 2 is 2.16 bits per heavy atom. The molecule has 4 nitrogen and oxygen atoms in total. The number of ether oxygens (including phenoxy) is 2. The molecule has 19 heavy (non-hydrogen) atoms. The van der Waals surface area contributed by atoms with E-state index in [0.717, 1.165) is 36.4 Å². The zero-order valence-electron chi connectivity index (χ0n) is 11.4. The molecular formula is C14H20N2O2S. The van der Waals surface area contributed by atoms with Crippen molar-refractivity contribution in [2.45, 2.75) is 24.9 Å². The van der Waals surface area contributed by atoms with Gasteiger partial charge in [0.25, 0.3) is 0 Å². The molecule has 0 aromatic heterocycles. The molecule has 0 saturated heterocycles. The van der Waals surface area contributed by atoms with Crippen molar-refractivity contribution in [2.24, 2.45) is 5.73 Å². The van der Waals surface area contributed by atoms with Crippen LogP contribution in [0.15, 0.2) is 18.2 Å². The van der Waals surface area contributed by atoms with Gasteiger partial charge in [-0.25, -0.2) is 0 Å². The molecule has 1 fully saturated rings. The summed E-state index contributed by atoms with van der Waals surface area (Å²) in [6, 6.07) is 5.65. The Balaban J connectivity index is 2.15. The predicted molar refractivity (Wildman–Crippen MR) is 81.0 cm³/mol. The minimum absolute atomic E-state index is 0.0451. The summed E-state index contributed by atoms with van der Waals surface area (Å²) in [6.07, 6.45) is 3.39. The summed E-state index contributed by atoms with van der Waals surface area (Å²) in [5.74, 6) is 0.780. The van der Waals surface area contributed by atoms with Crippen LogP contribution in [0.5, 0.6) is 5.75 Å². The van der Waals surface area contributed by atoms with Crippen LogP contribution in [0.2, 0.25) is 0 Å². The van der Waals surface area contributed by atoms with Gasteiger partial charge in [-0.15, -0.1) is 0 Å². The van der Waals surface area contributed by atoms with Crippen molar-refractivity contribution in [2.75, 3.05) is 26.1 Å². The molecule has 1 saturated carbocycles. The van der Waals surface area contributed by atoms with Gasteiger partial charge in [-0.05, 0) is 31.4 Å². The molecule has 2 rings (SSSR count). The maximum absolute atomic E-state index is 5.74. The second kappa shape index (κ2) is 5.75. The normalized spacial score (nSPS) is 16.5. The van der Waals surface area contributed by atoms with E-state index >= 15 is 0 Å². The fraction of sp³-hybridized carbons (Fsp3) is 0.500. The molecule has 1 aliphatic rings. The van der Waals surface area contributed by atoms with E-state index < -0.39 is 0 Å². The van der Waals surface area contributed by atoms with Gasteiger partial charge in [-0.2, -0.15) is 0 Å². The summed E-state index contributed by atoms with van der Waals surface area (Å²) >= 11 is 5.07. The monoisotopic (exact) mass is 280 g/mol. The molecule has 0 radical (unpaired) electrons. The SMILES string of the molecule is COc1ccc(C(N)=S)c(NCC2(OC)CCC2)c1. The second-order valence-electron chi connectivity index (χ2n) is 4.87. The third-order valence-corrected chi connectivity index (χ3v) is 4.01. The van der Waals surface area contributed by atoms with Crippen LogP contribution < -0.4 is 15.8 Å². The standard InChI is InChI=1S/C14H20N2O2S/c1-17-10-4-5-11(13(15)19)12(8-10)16-9-14(18-2)6-3-7-14/h4-5,8,16H,3,6-7,9H2,1-2H3,(H2,15,19). The molecule has 0 aliphatic heterocycles. The zero-order chi connectivity index (χ0) is 13.9. The fourth-order valence-electron chi connectivity index (χ4n) is 2.29. The van der Waals surface area contributed by atoms with Crippen LogP contribution in [0.4, 0.5) is 5.69 Å². The van der Waals surface area contributed by atoms with Gasteiger partial charge in [0.15, 0.2) is 0 Å². The Labute approximate surface area is 119 Å². The summed E-state index contributed by atoms with van der Waals surface area (Å²) in [6.45, 7) is 0.756. The van der Waals surface area contributed by atoms with Crippen molar-refractivity contribution in [3.63, 3.8) is 0 Å². The van der Waals surface area contributed by atoms with Crippen LogP contribution in [-0.4, -0.2) is 31.4 Å². The van der Waals surface area contributed by atoms with Crippen LogP contribution in [-0.2, 0) is 4.74 Å². The number of rotatable bonds is 6. The van der Waals surface area contributed by atoms with Crippen molar-refractivity contribution in [3.8, 4) is 5.75 Å². The molecule has 0 spiro atoms. The van der Waals surface area contributed by atoms with Crippen LogP contribution >= 0.6 is 12.2 Å². The molecule has 104 valence electrons. The average Bonchev–Trinajstić information content (AvgIpc) is 2.37. The first kappa shape index (κ1) is 14.1. The van der Waals surface area contributed by atoms with Crippen molar-refractivity contribution in [1.82, 2.24) is 0 Å². The molecule has 0 atom stereocenters. The Hall–Kier alpha value is -1.33. The van der Waals surface area contributed by atoms with Crippen molar-refractivity contribution in [3.05, 3.63) is 23.8 Å². The van der Waals surface area contributed by atoms with E-state index in [1.807, 2.05) is 18.2 Å². The Bertz CT molecular complexity index is 467. The number of anilines is 1. The lowest BCUT2D eigenvalue weighted by molar-refractivity contribution is -0.0601.